The molecule has 4 heteroatoms. The van der Waals surface area contributed by atoms with Gasteiger partial charge < -0.3 is 15.4 Å². The summed E-state index contributed by atoms with van der Waals surface area (Å²) >= 11 is 0. The summed E-state index contributed by atoms with van der Waals surface area (Å²) in [6, 6.07) is 18.9. The van der Waals surface area contributed by atoms with Crippen molar-refractivity contribution in [2.45, 2.75) is 78.5 Å². The van der Waals surface area contributed by atoms with Crippen LogP contribution < -0.4 is 10.6 Å². The number of ether oxygens (including phenoxy) is 1. The molecule has 4 nitrogen and oxygen atoms in total. The summed E-state index contributed by atoms with van der Waals surface area (Å²) in [6.45, 7) is 17.0. The van der Waals surface area contributed by atoms with Crippen molar-refractivity contribution >= 4 is 11.7 Å². The maximum absolute atomic E-state index is 12.5. The van der Waals surface area contributed by atoms with E-state index in [9.17, 15) is 4.79 Å². The fraction of sp³-hybridized carbons (Fsp3) is 0.433. The molecule has 2 rings (SSSR count). The van der Waals surface area contributed by atoms with Gasteiger partial charge in [-0.2, -0.15) is 0 Å². The lowest BCUT2D eigenvalue weighted by molar-refractivity contribution is 0.0501. The third-order valence-electron chi connectivity index (χ3n) is 5.79. The highest BCUT2D eigenvalue weighted by Crippen LogP contribution is 2.25. The van der Waals surface area contributed by atoms with Gasteiger partial charge in [0.1, 0.15) is 5.60 Å². The molecule has 184 valence electrons. The predicted molar refractivity (Wildman–Crippen MR) is 144 cm³/mol. The van der Waals surface area contributed by atoms with Gasteiger partial charge in [0.05, 0.1) is 0 Å². The van der Waals surface area contributed by atoms with Crippen molar-refractivity contribution in [1.29, 1.82) is 0 Å². The van der Waals surface area contributed by atoms with Gasteiger partial charge in [0.2, 0.25) is 0 Å². The Hall–Kier alpha value is -2.85. The van der Waals surface area contributed by atoms with Crippen molar-refractivity contribution in [2.75, 3.05) is 6.54 Å². The van der Waals surface area contributed by atoms with E-state index in [0.29, 0.717) is 0 Å². The Kier molecular flexibility index (Phi) is 10.6. The summed E-state index contributed by atoms with van der Waals surface area (Å²) < 4.78 is 5.51. The normalized spacial score (nSPS) is 13.8. The minimum absolute atomic E-state index is 0.0342. The first-order valence-corrected chi connectivity index (χ1v) is 12.2. The molecule has 2 atom stereocenters. The van der Waals surface area contributed by atoms with Gasteiger partial charge in [0.25, 0.3) is 0 Å². The van der Waals surface area contributed by atoms with Gasteiger partial charge in [-0.05, 0) is 89.6 Å². The second-order valence-electron chi connectivity index (χ2n) is 10.0. The molecule has 2 N–H and O–H groups in total. The van der Waals surface area contributed by atoms with E-state index in [-0.39, 0.29) is 18.2 Å². The van der Waals surface area contributed by atoms with Gasteiger partial charge in [-0.1, -0.05) is 72.8 Å². The Morgan fingerprint density at radius 2 is 1.74 bits per heavy atom. The number of carbonyl (C=O) groups is 1. The molecular weight excluding hydrogens is 420 g/mol. The van der Waals surface area contributed by atoms with E-state index in [1.807, 2.05) is 39.0 Å². The molecule has 0 aromatic heterocycles. The minimum atomic E-state index is -0.525. The zero-order valence-electron chi connectivity index (χ0n) is 21.8. The van der Waals surface area contributed by atoms with E-state index in [1.54, 1.807) is 0 Å². The van der Waals surface area contributed by atoms with Crippen molar-refractivity contribution < 1.29 is 9.53 Å². The third kappa shape index (κ3) is 9.56. The Labute approximate surface area is 206 Å². The molecule has 0 aliphatic heterocycles. The highest BCUT2D eigenvalue weighted by Gasteiger charge is 2.20. The van der Waals surface area contributed by atoms with E-state index in [0.717, 1.165) is 31.4 Å². The van der Waals surface area contributed by atoms with E-state index in [2.05, 4.69) is 80.5 Å². The Morgan fingerprint density at radius 1 is 1.09 bits per heavy atom. The van der Waals surface area contributed by atoms with Crippen LogP contribution in [0.1, 0.15) is 64.2 Å². The molecule has 2 aromatic rings. The largest absolute Gasteiger partial charge is 0.444 e. The Bertz CT molecular complexity index is 957. The van der Waals surface area contributed by atoms with Gasteiger partial charge in [0.15, 0.2) is 0 Å². The molecule has 2 unspecified atom stereocenters. The van der Waals surface area contributed by atoms with Crippen LogP contribution >= 0.6 is 0 Å². The predicted octanol–water partition coefficient (Wildman–Crippen LogP) is 6.85. The number of benzene rings is 2. The molecule has 0 aliphatic rings. The molecule has 0 heterocycles. The van der Waals surface area contributed by atoms with Crippen molar-refractivity contribution in [2.24, 2.45) is 0 Å². The van der Waals surface area contributed by atoms with Gasteiger partial charge in [-0.25, -0.2) is 4.79 Å². The van der Waals surface area contributed by atoms with E-state index in [4.69, 9.17) is 4.74 Å². The first kappa shape index (κ1) is 27.4. The molecule has 34 heavy (non-hydrogen) atoms. The summed E-state index contributed by atoms with van der Waals surface area (Å²) in [6.07, 6.45) is 4.23. The molecular formula is C30H42N2O2. The highest BCUT2D eigenvalue weighted by molar-refractivity contribution is 5.69. The van der Waals surface area contributed by atoms with Crippen molar-refractivity contribution in [3.63, 3.8) is 0 Å². The fourth-order valence-corrected chi connectivity index (χ4v) is 3.99. The Morgan fingerprint density at radius 3 is 2.32 bits per heavy atom. The number of aryl methyl sites for hydroxylation is 1. The van der Waals surface area contributed by atoms with Crippen LogP contribution in [0.5, 0.6) is 0 Å². The Balaban J connectivity index is 2.04. The van der Waals surface area contributed by atoms with E-state index in [1.165, 1.54) is 22.3 Å². The average molecular weight is 463 g/mol. The number of hydrogen-bond acceptors (Lipinski definition) is 3. The molecule has 0 saturated heterocycles. The summed E-state index contributed by atoms with van der Waals surface area (Å²) in [7, 11) is 0. The van der Waals surface area contributed by atoms with Crippen LogP contribution in [0, 0.1) is 6.92 Å². The monoisotopic (exact) mass is 462 g/mol. The second-order valence-corrected chi connectivity index (χ2v) is 10.0. The van der Waals surface area contributed by atoms with Crippen LogP contribution in [0.2, 0.25) is 0 Å². The van der Waals surface area contributed by atoms with Crippen LogP contribution in [-0.4, -0.2) is 30.3 Å². The van der Waals surface area contributed by atoms with Gasteiger partial charge in [-0.15, -0.1) is 0 Å². The first-order chi connectivity index (χ1) is 16.1. The zero-order chi connectivity index (χ0) is 25.1. The van der Waals surface area contributed by atoms with Crippen molar-refractivity contribution in [3.05, 3.63) is 89.5 Å². The van der Waals surface area contributed by atoms with E-state index >= 15 is 0 Å². The lowest BCUT2D eigenvalue weighted by Crippen LogP contribution is -2.42. The molecule has 2 aromatic carbocycles. The number of nitrogens with one attached hydrogen (secondary N) is 2. The lowest BCUT2D eigenvalue weighted by atomic mass is 9.92. The summed E-state index contributed by atoms with van der Waals surface area (Å²) in [5.41, 5.74) is 5.64. The van der Waals surface area contributed by atoms with Crippen LogP contribution in [0.15, 0.2) is 72.8 Å². The second kappa shape index (κ2) is 13.1. The maximum Gasteiger partial charge on any atom is 0.407 e. The molecule has 0 bridgehead atoms. The molecule has 0 fully saturated rings. The fourth-order valence-electron chi connectivity index (χ4n) is 3.99. The van der Waals surface area contributed by atoms with Gasteiger partial charge in [0, 0.05) is 12.1 Å². The standard InChI is InChI=1S/C30H42N2O2/c1-8-25(27-17-13-12-14-23(27)4)21-28(22(2)3)31-19-18-26(20-24-15-10-9-11-16-24)32-29(33)34-30(5,6)7/h8-17,26,28,31H,2,18-21H2,1,3-7H3,(H,32,33)/b25-8-. The highest BCUT2D eigenvalue weighted by atomic mass is 16.6. The van der Waals surface area contributed by atoms with Crippen LogP contribution in [-0.2, 0) is 11.2 Å². The number of carbonyl (C=O) groups excluding carboxylic acids is 1. The quantitative estimate of drug-likeness (QED) is 0.359. The van der Waals surface area contributed by atoms with Crippen LogP contribution in [0.4, 0.5) is 4.79 Å². The number of hydrogen-bond donors (Lipinski definition) is 2. The summed E-state index contributed by atoms with van der Waals surface area (Å²) in [5, 5.41) is 6.75. The molecule has 0 spiro atoms. The topological polar surface area (TPSA) is 50.4 Å². The SMILES string of the molecule is C=C(C)C(C/C(=C/C)c1ccccc1C)NCCC(Cc1ccccc1)NC(=O)OC(C)(C)C. The van der Waals surface area contributed by atoms with Crippen LogP contribution in [0.3, 0.4) is 0 Å². The van der Waals surface area contributed by atoms with Crippen molar-refractivity contribution in [3.8, 4) is 0 Å². The maximum atomic E-state index is 12.5. The number of alkyl carbamates (subject to hydrolysis) is 1. The zero-order valence-corrected chi connectivity index (χ0v) is 21.8. The third-order valence-corrected chi connectivity index (χ3v) is 5.79. The summed E-state index contributed by atoms with van der Waals surface area (Å²) in [5.74, 6) is 0. The van der Waals surface area contributed by atoms with Crippen LogP contribution in [0.25, 0.3) is 5.57 Å². The smallest absolute Gasteiger partial charge is 0.407 e. The van der Waals surface area contributed by atoms with Crippen molar-refractivity contribution in [1.82, 2.24) is 10.6 Å². The first-order valence-electron chi connectivity index (χ1n) is 12.2. The van der Waals surface area contributed by atoms with E-state index < -0.39 is 5.60 Å². The molecule has 1 amide bonds. The average Bonchev–Trinajstić information content (AvgIpc) is 2.76. The minimum Gasteiger partial charge on any atom is -0.444 e. The van der Waals surface area contributed by atoms with Gasteiger partial charge in [-0.3, -0.25) is 0 Å². The molecule has 0 saturated carbocycles. The lowest BCUT2D eigenvalue weighted by Gasteiger charge is -2.26. The number of rotatable bonds is 11. The number of amides is 1. The summed E-state index contributed by atoms with van der Waals surface area (Å²) in [4.78, 5) is 12.5. The number of allylic oxidation sites excluding steroid dienone is 1. The molecule has 0 aliphatic carbocycles. The van der Waals surface area contributed by atoms with Gasteiger partial charge >= 0.3 is 6.09 Å². The molecule has 0 radical (unpaired) electrons.